The fraction of sp³-hybridized carbons (Fsp3) is 0.471. The first kappa shape index (κ1) is 17.0. The summed E-state index contributed by atoms with van der Waals surface area (Å²) in [6, 6.07) is 7.88. The predicted molar refractivity (Wildman–Crippen MR) is 91.5 cm³/mol. The molecule has 0 bridgehead atoms. The largest absolute Gasteiger partial charge is 0.423 e. The number of likely N-dealkylation sites (tertiary alicyclic amines) is 1. The number of hydrogen-bond acceptors (Lipinski definition) is 4. The quantitative estimate of drug-likeness (QED) is 0.883. The van der Waals surface area contributed by atoms with Crippen molar-refractivity contribution in [1.82, 2.24) is 4.90 Å². The van der Waals surface area contributed by atoms with E-state index in [0.717, 1.165) is 42.6 Å². The van der Waals surface area contributed by atoms with E-state index in [1.54, 1.807) is 6.07 Å². The monoisotopic (exact) mass is 322 g/mol. The van der Waals surface area contributed by atoms with E-state index in [-0.39, 0.29) is 24.1 Å². The number of benzene rings is 1. The Hall–Kier alpha value is -1.36. The topological polar surface area (TPSA) is 59.5 Å². The van der Waals surface area contributed by atoms with Crippen LogP contribution in [-0.4, -0.2) is 24.0 Å². The van der Waals surface area contributed by atoms with Crippen LogP contribution in [0.15, 0.2) is 33.5 Å². The average Bonchev–Trinajstić information content (AvgIpc) is 2.86. The number of nitrogens with zero attached hydrogens (tertiary/aromatic N) is 1. The molecule has 1 fully saturated rings. The highest BCUT2D eigenvalue weighted by Crippen LogP contribution is 2.24. The molecule has 2 atom stereocenters. The van der Waals surface area contributed by atoms with Gasteiger partial charge in [0, 0.05) is 30.6 Å². The van der Waals surface area contributed by atoms with E-state index in [1.807, 2.05) is 19.1 Å². The minimum absolute atomic E-state index is 0. The molecule has 5 heteroatoms. The van der Waals surface area contributed by atoms with Crippen LogP contribution in [0.2, 0.25) is 0 Å². The first-order valence-corrected chi connectivity index (χ1v) is 7.54. The second-order valence-electron chi connectivity index (χ2n) is 6.23. The molecule has 3 rings (SSSR count). The molecule has 1 saturated heterocycles. The van der Waals surface area contributed by atoms with Crippen LogP contribution in [0.3, 0.4) is 0 Å². The van der Waals surface area contributed by atoms with E-state index >= 15 is 0 Å². The molecule has 2 unspecified atom stereocenters. The normalized spacial score (nSPS) is 20.0. The second-order valence-corrected chi connectivity index (χ2v) is 6.23. The molecule has 1 aliphatic rings. The van der Waals surface area contributed by atoms with Crippen LogP contribution in [0.5, 0.6) is 0 Å². The number of hydrogen-bond donors (Lipinski definition) is 1. The fourth-order valence-corrected chi connectivity index (χ4v) is 3.14. The smallest absolute Gasteiger partial charge is 0.336 e. The highest BCUT2D eigenvalue weighted by molar-refractivity contribution is 5.85. The van der Waals surface area contributed by atoms with Gasteiger partial charge in [0.2, 0.25) is 0 Å². The Kier molecular flexibility index (Phi) is 5.27. The van der Waals surface area contributed by atoms with Crippen LogP contribution < -0.4 is 11.4 Å². The van der Waals surface area contributed by atoms with Gasteiger partial charge in [-0.3, -0.25) is 4.90 Å². The molecule has 0 aliphatic carbocycles. The molecule has 4 nitrogen and oxygen atoms in total. The third-order valence-corrected chi connectivity index (χ3v) is 4.43. The number of nitrogens with two attached hydrogens (primary N) is 1. The molecule has 0 radical (unpaired) electrons. The van der Waals surface area contributed by atoms with Gasteiger partial charge in [-0.1, -0.05) is 12.1 Å². The average molecular weight is 323 g/mol. The van der Waals surface area contributed by atoms with Gasteiger partial charge in [-0.25, -0.2) is 4.79 Å². The first-order valence-electron chi connectivity index (χ1n) is 7.54. The van der Waals surface area contributed by atoms with E-state index in [2.05, 4.69) is 17.9 Å². The zero-order valence-corrected chi connectivity index (χ0v) is 13.9. The summed E-state index contributed by atoms with van der Waals surface area (Å²) in [7, 11) is 0. The zero-order chi connectivity index (χ0) is 15.0. The molecule has 0 spiro atoms. The molecule has 1 aromatic heterocycles. The SMILES string of the molecule is Cc1ccc2c(CN3CCC(C(C)N)C3)cc(=O)oc2c1.Cl. The minimum atomic E-state index is -0.272. The van der Waals surface area contributed by atoms with Gasteiger partial charge in [0.1, 0.15) is 5.58 Å². The Morgan fingerprint density at radius 2 is 2.18 bits per heavy atom. The van der Waals surface area contributed by atoms with Crippen molar-refractivity contribution >= 4 is 23.4 Å². The molecular weight excluding hydrogens is 300 g/mol. The lowest BCUT2D eigenvalue weighted by molar-refractivity contribution is 0.309. The summed E-state index contributed by atoms with van der Waals surface area (Å²) in [5.41, 5.74) is 8.55. The van der Waals surface area contributed by atoms with Gasteiger partial charge < -0.3 is 10.2 Å². The molecule has 120 valence electrons. The van der Waals surface area contributed by atoms with Gasteiger partial charge >= 0.3 is 5.63 Å². The van der Waals surface area contributed by atoms with Crippen molar-refractivity contribution in [3.05, 3.63) is 45.8 Å². The number of rotatable bonds is 3. The fourth-order valence-electron chi connectivity index (χ4n) is 3.14. The Morgan fingerprint density at radius 1 is 1.41 bits per heavy atom. The van der Waals surface area contributed by atoms with Crippen LogP contribution in [0.1, 0.15) is 24.5 Å². The lowest BCUT2D eigenvalue weighted by atomic mass is 10.0. The maximum atomic E-state index is 11.8. The van der Waals surface area contributed by atoms with Crippen molar-refractivity contribution in [3.8, 4) is 0 Å². The first-order chi connectivity index (χ1) is 10.0. The van der Waals surface area contributed by atoms with E-state index in [1.165, 1.54) is 0 Å². The Balaban J connectivity index is 0.00000176. The van der Waals surface area contributed by atoms with Gasteiger partial charge in [-0.05, 0) is 49.9 Å². The summed E-state index contributed by atoms with van der Waals surface area (Å²) < 4.78 is 5.31. The maximum Gasteiger partial charge on any atom is 0.336 e. The van der Waals surface area contributed by atoms with Crippen molar-refractivity contribution in [2.24, 2.45) is 11.7 Å². The number of halogens is 1. The van der Waals surface area contributed by atoms with Crippen molar-refractivity contribution < 1.29 is 4.42 Å². The third kappa shape index (κ3) is 3.51. The van der Waals surface area contributed by atoms with Gasteiger partial charge in [0.25, 0.3) is 0 Å². The summed E-state index contributed by atoms with van der Waals surface area (Å²) in [6.45, 7) is 6.91. The van der Waals surface area contributed by atoms with Crippen molar-refractivity contribution in [2.75, 3.05) is 13.1 Å². The van der Waals surface area contributed by atoms with E-state index in [9.17, 15) is 4.79 Å². The lowest BCUT2D eigenvalue weighted by Gasteiger charge is -2.18. The van der Waals surface area contributed by atoms with Gasteiger partial charge in [-0.15, -0.1) is 12.4 Å². The van der Waals surface area contributed by atoms with Crippen LogP contribution in [0, 0.1) is 12.8 Å². The van der Waals surface area contributed by atoms with Gasteiger partial charge in [0.15, 0.2) is 0 Å². The molecule has 2 N–H and O–H groups in total. The maximum absolute atomic E-state index is 11.8. The molecule has 22 heavy (non-hydrogen) atoms. The summed E-state index contributed by atoms with van der Waals surface area (Å²) >= 11 is 0. The van der Waals surface area contributed by atoms with Crippen molar-refractivity contribution in [2.45, 2.75) is 32.9 Å². The van der Waals surface area contributed by atoms with Gasteiger partial charge in [-0.2, -0.15) is 0 Å². The molecule has 2 aromatic rings. The van der Waals surface area contributed by atoms with Crippen LogP contribution in [-0.2, 0) is 6.54 Å². The van der Waals surface area contributed by atoms with Crippen molar-refractivity contribution in [1.29, 1.82) is 0 Å². The highest BCUT2D eigenvalue weighted by Gasteiger charge is 2.25. The van der Waals surface area contributed by atoms with E-state index < -0.39 is 0 Å². The molecule has 1 aliphatic heterocycles. The summed E-state index contributed by atoms with van der Waals surface area (Å²) in [6.07, 6.45) is 1.14. The van der Waals surface area contributed by atoms with Gasteiger partial charge in [0.05, 0.1) is 0 Å². The second kappa shape index (κ2) is 6.82. The molecular formula is C17H23ClN2O2. The highest BCUT2D eigenvalue weighted by atomic mass is 35.5. The minimum Gasteiger partial charge on any atom is -0.423 e. The summed E-state index contributed by atoms with van der Waals surface area (Å²) in [4.78, 5) is 14.1. The Labute approximate surface area is 136 Å². The predicted octanol–water partition coefficient (Wildman–Crippen LogP) is 2.69. The molecule has 2 heterocycles. The van der Waals surface area contributed by atoms with Crippen LogP contribution in [0.25, 0.3) is 11.0 Å². The molecule has 0 saturated carbocycles. The van der Waals surface area contributed by atoms with E-state index in [0.29, 0.717) is 11.5 Å². The van der Waals surface area contributed by atoms with Crippen LogP contribution >= 0.6 is 12.4 Å². The number of fused-ring (bicyclic) bond motifs is 1. The zero-order valence-electron chi connectivity index (χ0n) is 13.0. The molecule has 0 amide bonds. The lowest BCUT2D eigenvalue weighted by Crippen LogP contribution is -2.29. The Bertz CT molecular complexity index is 711. The molecule has 1 aromatic carbocycles. The van der Waals surface area contributed by atoms with Crippen LogP contribution in [0.4, 0.5) is 0 Å². The summed E-state index contributed by atoms with van der Waals surface area (Å²) in [5.74, 6) is 0.554. The third-order valence-electron chi connectivity index (χ3n) is 4.43. The Morgan fingerprint density at radius 3 is 2.86 bits per heavy atom. The number of aryl methyl sites for hydroxylation is 1. The summed E-state index contributed by atoms with van der Waals surface area (Å²) in [5, 5.41) is 1.03. The van der Waals surface area contributed by atoms with E-state index in [4.69, 9.17) is 10.2 Å². The standard InChI is InChI=1S/C17H22N2O2.ClH/c1-11-3-4-15-14(8-17(20)21-16(15)7-11)10-19-6-5-13(9-19)12(2)18;/h3-4,7-8,12-13H,5-6,9-10,18H2,1-2H3;1H. The van der Waals surface area contributed by atoms with Crippen molar-refractivity contribution in [3.63, 3.8) is 0 Å².